The molecule has 1 fully saturated rings. The first-order valence-electron chi connectivity index (χ1n) is 23.1. The second kappa shape index (κ2) is 38.1. The average molecular weight is 796 g/mol. The van der Waals surface area contributed by atoms with E-state index in [1.54, 1.807) is 0 Å². The van der Waals surface area contributed by atoms with Gasteiger partial charge in [-0.05, 0) is 90.1 Å². The molecule has 0 aromatic rings. The summed E-state index contributed by atoms with van der Waals surface area (Å²) in [7, 11) is -3.36. The normalized spacial score (nSPS) is 15.3. The number of rotatable bonds is 40. The summed E-state index contributed by atoms with van der Waals surface area (Å²) in [5.41, 5.74) is 0. The molecule has 0 bridgehead atoms. The number of carbonyl (C=O) groups excluding carboxylic acids is 2. The van der Waals surface area contributed by atoms with Gasteiger partial charge in [0.25, 0.3) is 0 Å². The Balaban J connectivity index is 2.29. The van der Waals surface area contributed by atoms with Crippen molar-refractivity contribution >= 4 is 19.5 Å². The summed E-state index contributed by atoms with van der Waals surface area (Å²) in [5.74, 6) is -0.655. The van der Waals surface area contributed by atoms with Crippen molar-refractivity contribution in [3.63, 3.8) is 0 Å². The minimum atomic E-state index is -3.36. The summed E-state index contributed by atoms with van der Waals surface area (Å²) < 4.78 is 35.5. The highest BCUT2D eigenvalue weighted by Gasteiger charge is 2.24. The van der Waals surface area contributed by atoms with Gasteiger partial charge in [-0.25, -0.2) is 0 Å². The van der Waals surface area contributed by atoms with Crippen LogP contribution in [0.3, 0.4) is 0 Å². The molecule has 1 aliphatic rings. The number of ether oxygens (including phenoxy) is 2. The number of unbranched alkanes of at least 4 members (excludes halogenated alkanes) is 22. The highest BCUT2D eigenvalue weighted by Crippen LogP contribution is 2.43. The van der Waals surface area contributed by atoms with E-state index in [0.29, 0.717) is 26.0 Å². The highest BCUT2D eigenvalue weighted by atomic mass is 31.2. The minimum absolute atomic E-state index is 0.115. The van der Waals surface area contributed by atoms with E-state index in [4.69, 9.17) is 18.5 Å². The van der Waals surface area contributed by atoms with Crippen molar-refractivity contribution in [2.75, 3.05) is 46.1 Å². The lowest BCUT2D eigenvalue weighted by Crippen LogP contribution is -2.29. The third kappa shape index (κ3) is 35.4. The molecule has 1 rings (SSSR count). The van der Waals surface area contributed by atoms with Crippen molar-refractivity contribution < 1.29 is 32.7 Å². The van der Waals surface area contributed by atoms with Crippen LogP contribution in [0.4, 0.5) is 0 Å². The molecule has 55 heavy (non-hydrogen) atoms. The van der Waals surface area contributed by atoms with Gasteiger partial charge in [-0.3, -0.25) is 14.2 Å². The van der Waals surface area contributed by atoms with E-state index >= 15 is 0 Å². The maximum Gasteiger partial charge on any atom is 0.327 e. The molecule has 0 N–H and O–H groups in total. The first-order chi connectivity index (χ1) is 26.9. The third-order valence-electron chi connectivity index (χ3n) is 10.4. The molecule has 2 atom stereocenters. The van der Waals surface area contributed by atoms with Crippen LogP contribution in [0.2, 0.25) is 0 Å². The van der Waals surface area contributed by atoms with Gasteiger partial charge in [0.05, 0.1) is 13.2 Å². The van der Waals surface area contributed by atoms with Gasteiger partial charge in [0.1, 0.15) is 6.61 Å². The van der Waals surface area contributed by atoms with Crippen LogP contribution in [-0.2, 0) is 32.7 Å². The molecule has 9 heteroatoms. The summed E-state index contributed by atoms with van der Waals surface area (Å²) in [4.78, 5) is 27.6. The van der Waals surface area contributed by atoms with Crippen molar-refractivity contribution in [3.8, 4) is 0 Å². The van der Waals surface area contributed by atoms with E-state index in [-0.39, 0.29) is 25.2 Å². The molecule has 0 radical (unpaired) electrons. The standard InChI is InChI=1S/C46H86NO7P/c1-4-6-8-10-12-14-16-18-20-22-24-26-28-30-32-36-45(48)51-42-44(43-53-55(3,50)52-41-40-47-38-34-35-39-47)54-46(49)37-33-31-29-27-25-23-21-19-17-15-13-11-9-7-5-2/h18-21,44H,4-17,22-43H2,1-3H3. The Morgan fingerprint density at radius 3 is 1.45 bits per heavy atom. The van der Waals surface area contributed by atoms with Crippen LogP contribution < -0.4 is 0 Å². The molecule has 1 saturated heterocycles. The van der Waals surface area contributed by atoms with Crippen LogP contribution in [0.25, 0.3) is 0 Å². The van der Waals surface area contributed by atoms with E-state index in [1.165, 1.54) is 129 Å². The van der Waals surface area contributed by atoms with Gasteiger partial charge in [-0.2, -0.15) is 0 Å². The van der Waals surface area contributed by atoms with Crippen molar-refractivity contribution in [3.05, 3.63) is 24.3 Å². The highest BCUT2D eigenvalue weighted by molar-refractivity contribution is 7.52. The van der Waals surface area contributed by atoms with E-state index in [2.05, 4.69) is 43.1 Å². The van der Waals surface area contributed by atoms with Crippen LogP contribution in [0.5, 0.6) is 0 Å². The van der Waals surface area contributed by atoms with Crippen LogP contribution in [-0.4, -0.2) is 69.1 Å². The monoisotopic (exact) mass is 796 g/mol. The Labute approximate surface area is 339 Å². The zero-order chi connectivity index (χ0) is 39.9. The second-order valence-corrected chi connectivity index (χ2v) is 18.0. The van der Waals surface area contributed by atoms with Crippen molar-refractivity contribution in [1.29, 1.82) is 0 Å². The first kappa shape index (κ1) is 51.5. The zero-order valence-electron chi connectivity index (χ0n) is 36.1. The topological polar surface area (TPSA) is 91.4 Å². The molecule has 0 spiro atoms. The third-order valence-corrected chi connectivity index (χ3v) is 11.7. The van der Waals surface area contributed by atoms with Crippen LogP contribution in [0, 0.1) is 0 Å². The number of hydrogen-bond donors (Lipinski definition) is 0. The van der Waals surface area contributed by atoms with Crippen LogP contribution in [0.1, 0.15) is 206 Å². The number of nitrogens with zero attached hydrogens (tertiary/aromatic N) is 1. The Bertz CT molecular complexity index is 997. The summed E-state index contributed by atoms with van der Waals surface area (Å²) in [6, 6.07) is 0. The lowest BCUT2D eigenvalue weighted by Gasteiger charge is -2.22. The molecule has 2 unspecified atom stereocenters. The van der Waals surface area contributed by atoms with Crippen molar-refractivity contribution in [1.82, 2.24) is 4.90 Å². The maximum absolute atomic E-state index is 13.0. The first-order valence-corrected chi connectivity index (χ1v) is 25.1. The molecule has 322 valence electrons. The molecule has 8 nitrogen and oxygen atoms in total. The number of allylic oxidation sites excluding steroid dienone is 4. The fourth-order valence-electron chi connectivity index (χ4n) is 6.90. The number of likely N-dealkylation sites (tertiary alicyclic amines) is 1. The molecular formula is C46H86NO7P. The molecular weight excluding hydrogens is 709 g/mol. The fourth-order valence-corrected chi connectivity index (χ4v) is 7.82. The van der Waals surface area contributed by atoms with E-state index < -0.39 is 13.7 Å². The molecule has 0 amide bonds. The molecule has 1 aliphatic heterocycles. The Morgan fingerprint density at radius 2 is 0.982 bits per heavy atom. The molecule has 1 heterocycles. The van der Waals surface area contributed by atoms with E-state index in [0.717, 1.165) is 70.9 Å². The average Bonchev–Trinajstić information content (AvgIpc) is 3.69. The SMILES string of the molecule is CCCCCCCCC=CCCCCCCCC(=O)OCC(COP(C)(=O)OCCN1CCCC1)OC(=O)CCCCCCCC=CCCCCCCCC. The van der Waals surface area contributed by atoms with Gasteiger partial charge >= 0.3 is 19.5 Å². The van der Waals surface area contributed by atoms with Crippen molar-refractivity contribution in [2.24, 2.45) is 0 Å². The van der Waals surface area contributed by atoms with Crippen LogP contribution in [0.15, 0.2) is 24.3 Å². The molecule has 0 aromatic heterocycles. The van der Waals surface area contributed by atoms with Crippen molar-refractivity contribution in [2.45, 2.75) is 213 Å². The van der Waals surface area contributed by atoms with E-state index in [1.807, 2.05) is 0 Å². The summed E-state index contributed by atoms with van der Waals surface area (Å²) >= 11 is 0. The number of carbonyl (C=O) groups is 2. The quantitative estimate of drug-likeness (QED) is 0.0262. The second-order valence-electron chi connectivity index (χ2n) is 15.9. The van der Waals surface area contributed by atoms with Gasteiger partial charge in [0.2, 0.25) is 0 Å². The maximum atomic E-state index is 13.0. The lowest BCUT2D eigenvalue weighted by molar-refractivity contribution is -0.161. The van der Waals surface area contributed by atoms with Gasteiger partial charge in [0.15, 0.2) is 6.10 Å². The zero-order valence-corrected chi connectivity index (χ0v) is 37.0. The predicted octanol–water partition coefficient (Wildman–Crippen LogP) is 13.5. The smallest absolute Gasteiger partial charge is 0.327 e. The Morgan fingerprint density at radius 1 is 0.564 bits per heavy atom. The Hall–Kier alpha value is -1.47. The van der Waals surface area contributed by atoms with Gasteiger partial charge in [-0.1, -0.05) is 141 Å². The fraction of sp³-hybridized carbons (Fsp3) is 0.870. The Kier molecular flexibility index (Phi) is 35.7. The predicted molar refractivity (Wildman–Crippen MR) is 231 cm³/mol. The van der Waals surface area contributed by atoms with Gasteiger partial charge < -0.3 is 23.4 Å². The minimum Gasteiger partial charge on any atom is -0.462 e. The summed E-state index contributed by atoms with van der Waals surface area (Å²) in [6.45, 7) is 8.81. The summed E-state index contributed by atoms with van der Waals surface area (Å²) in [6.07, 6.45) is 42.6. The summed E-state index contributed by atoms with van der Waals surface area (Å²) in [5, 5.41) is 0. The molecule has 0 saturated carbocycles. The largest absolute Gasteiger partial charge is 0.462 e. The number of hydrogen-bond acceptors (Lipinski definition) is 8. The van der Waals surface area contributed by atoms with Crippen LogP contribution >= 0.6 is 7.60 Å². The van der Waals surface area contributed by atoms with Gasteiger partial charge in [-0.15, -0.1) is 0 Å². The lowest BCUT2D eigenvalue weighted by atomic mass is 10.1. The van der Waals surface area contributed by atoms with Gasteiger partial charge in [0, 0.05) is 26.1 Å². The molecule has 0 aliphatic carbocycles. The molecule has 0 aromatic carbocycles. The number of esters is 2. The van der Waals surface area contributed by atoms with E-state index in [9.17, 15) is 14.2 Å².